The molecule has 4 unspecified atom stereocenters. The SMILES string of the molecule is C=C(C)C(CC[C@@H](C)[C@H]1CCC2C3CC=C4C[C@@H](O)CC[C@]4(C)C3CC[C@@]21C)OO. The smallest absolute Gasteiger partial charge is 0.113 e. The number of aliphatic hydroxyl groups is 1. The predicted molar refractivity (Wildman–Crippen MR) is 122 cm³/mol. The van der Waals surface area contributed by atoms with E-state index in [1.165, 1.54) is 38.5 Å². The molecule has 0 aromatic heterocycles. The maximum atomic E-state index is 10.2. The zero-order valence-electron chi connectivity index (χ0n) is 19.7. The summed E-state index contributed by atoms with van der Waals surface area (Å²) >= 11 is 0. The van der Waals surface area contributed by atoms with E-state index in [0.717, 1.165) is 54.9 Å². The Morgan fingerprint density at radius 2 is 1.93 bits per heavy atom. The molecule has 0 aliphatic heterocycles. The van der Waals surface area contributed by atoms with E-state index in [1.54, 1.807) is 5.57 Å². The first-order valence-electron chi connectivity index (χ1n) is 12.5. The van der Waals surface area contributed by atoms with Crippen molar-refractivity contribution in [3.05, 3.63) is 23.8 Å². The van der Waals surface area contributed by atoms with Gasteiger partial charge < -0.3 is 5.11 Å². The van der Waals surface area contributed by atoms with Crippen molar-refractivity contribution in [1.82, 2.24) is 0 Å². The summed E-state index contributed by atoms with van der Waals surface area (Å²) in [5.74, 6) is 3.92. The summed E-state index contributed by atoms with van der Waals surface area (Å²) in [5, 5.41) is 19.4. The average Bonchev–Trinajstić information content (AvgIpc) is 3.06. The van der Waals surface area contributed by atoms with Gasteiger partial charge in [-0.05, 0) is 117 Å². The quantitative estimate of drug-likeness (QED) is 0.285. The summed E-state index contributed by atoms with van der Waals surface area (Å²) in [4.78, 5) is 4.67. The Morgan fingerprint density at radius 1 is 1.17 bits per heavy atom. The van der Waals surface area contributed by atoms with Crippen molar-refractivity contribution in [2.45, 2.75) is 104 Å². The van der Waals surface area contributed by atoms with Crippen LogP contribution in [0.4, 0.5) is 0 Å². The van der Waals surface area contributed by atoms with Crippen LogP contribution in [0.2, 0.25) is 0 Å². The highest BCUT2D eigenvalue weighted by Gasteiger charge is 2.59. The minimum atomic E-state index is -0.225. The third-order valence-corrected chi connectivity index (χ3v) is 10.4. The summed E-state index contributed by atoms with van der Waals surface area (Å²) in [7, 11) is 0. The lowest BCUT2D eigenvalue weighted by Crippen LogP contribution is -2.50. The summed E-state index contributed by atoms with van der Waals surface area (Å²) in [5.41, 5.74) is 3.27. The molecule has 3 fully saturated rings. The predicted octanol–water partition coefficient (Wildman–Crippen LogP) is 6.78. The fourth-order valence-electron chi connectivity index (χ4n) is 8.62. The second-order valence-corrected chi connectivity index (χ2v) is 11.9. The van der Waals surface area contributed by atoms with Crippen molar-refractivity contribution >= 4 is 0 Å². The molecule has 0 radical (unpaired) electrons. The van der Waals surface area contributed by atoms with Crippen molar-refractivity contribution in [2.75, 3.05) is 0 Å². The molecule has 0 amide bonds. The molecule has 0 heterocycles. The molecule has 0 saturated heterocycles. The van der Waals surface area contributed by atoms with Crippen molar-refractivity contribution in [3.8, 4) is 0 Å². The lowest BCUT2D eigenvalue weighted by molar-refractivity contribution is -0.270. The zero-order valence-corrected chi connectivity index (χ0v) is 19.7. The van der Waals surface area contributed by atoms with Gasteiger partial charge in [-0.3, -0.25) is 5.26 Å². The Labute approximate surface area is 183 Å². The van der Waals surface area contributed by atoms with E-state index in [9.17, 15) is 10.4 Å². The van der Waals surface area contributed by atoms with Crippen LogP contribution in [0, 0.1) is 40.4 Å². The van der Waals surface area contributed by atoms with Crippen molar-refractivity contribution in [3.63, 3.8) is 0 Å². The molecule has 3 nitrogen and oxygen atoms in total. The monoisotopic (exact) mass is 416 g/mol. The molecule has 0 spiro atoms. The number of rotatable bonds is 6. The first-order chi connectivity index (χ1) is 14.2. The number of aliphatic hydroxyl groups excluding tert-OH is 1. The molecule has 0 aromatic rings. The van der Waals surface area contributed by atoms with Gasteiger partial charge in [0.1, 0.15) is 6.10 Å². The number of hydrogen-bond donors (Lipinski definition) is 2. The van der Waals surface area contributed by atoms with Crippen LogP contribution in [0.5, 0.6) is 0 Å². The van der Waals surface area contributed by atoms with Crippen LogP contribution in [0.15, 0.2) is 23.8 Å². The van der Waals surface area contributed by atoms with Crippen LogP contribution in [0.1, 0.15) is 91.9 Å². The zero-order chi connectivity index (χ0) is 21.7. The van der Waals surface area contributed by atoms with E-state index in [-0.39, 0.29) is 12.2 Å². The van der Waals surface area contributed by atoms with Gasteiger partial charge in [-0.1, -0.05) is 39.0 Å². The van der Waals surface area contributed by atoms with Crippen LogP contribution < -0.4 is 0 Å². The Morgan fingerprint density at radius 3 is 2.63 bits per heavy atom. The van der Waals surface area contributed by atoms with Gasteiger partial charge >= 0.3 is 0 Å². The Bertz CT molecular complexity index is 684. The minimum absolute atomic E-state index is 0.114. The number of fused-ring (bicyclic) bond motifs is 5. The van der Waals surface area contributed by atoms with Crippen molar-refractivity contribution < 1.29 is 15.3 Å². The van der Waals surface area contributed by atoms with Gasteiger partial charge in [0.25, 0.3) is 0 Å². The third kappa shape index (κ3) is 3.63. The standard InChI is InChI=1S/C27H44O3/c1-17(2)25(30-29)11-6-18(3)22-9-10-23-21-8-7-19-16-20(28)12-14-26(19,4)24(21)13-15-27(22,23)5/h7,18,20-25,28-29H,1,6,8-16H2,2-5H3/t18-,20+,21?,22-,23?,24?,25?,26+,27-/m1/s1. The largest absolute Gasteiger partial charge is 0.393 e. The molecule has 3 heteroatoms. The molecular weight excluding hydrogens is 372 g/mol. The molecule has 9 atom stereocenters. The van der Waals surface area contributed by atoms with E-state index in [4.69, 9.17) is 0 Å². The lowest BCUT2D eigenvalue weighted by Gasteiger charge is -2.58. The van der Waals surface area contributed by atoms with Crippen molar-refractivity contribution in [1.29, 1.82) is 0 Å². The van der Waals surface area contributed by atoms with Crippen LogP contribution in [0.25, 0.3) is 0 Å². The topological polar surface area (TPSA) is 49.7 Å². The summed E-state index contributed by atoms with van der Waals surface area (Å²) in [6, 6.07) is 0. The third-order valence-electron chi connectivity index (χ3n) is 10.4. The number of allylic oxidation sites excluding steroid dienone is 1. The fourth-order valence-corrected chi connectivity index (χ4v) is 8.62. The maximum Gasteiger partial charge on any atom is 0.113 e. The van der Waals surface area contributed by atoms with Crippen LogP contribution >= 0.6 is 0 Å². The van der Waals surface area contributed by atoms with Gasteiger partial charge in [-0.2, -0.15) is 0 Å². The van der Waals surface area contributed by atoms with Gasteiger partial charge in [-0.15, -0.1) is 0 Å². The maximum absolute atomic E-state index is 10.2. The molecule has 4 aliphatic rings. The first-order valence-corrected chi connectivity index (χ1v) is 12.5. The normalized spacial score (nSPS) is 45.0. The van der Waals surface area contributed by atoms with E-state index in [1.807, 2.05) is 6.92 Å². The summed E-state index contributed by atoms with van der Waals surface area (Å²) < 4.78 is 0. The van der Waals surface area contributed by atoms with E-state index < -0.39 is 0 Å². The summed E-state index contributed by atoms with van der Waals surface area (Å²) in [6.07, 6.45) is 13.9. The van der Waals surface area contributed by atoms with E-state index in [2.05, 4.69) is 38.3 Å². The molecule has 30 heavy (non-hydrogen) atoms. The van der Waals surface area contributed by atoms with E-state index in [0.29, 0.717) is 16.7 Å². The molecule has 0 aromatic carbocycles. The van der Waals surface area contributed by atoms with Crippen LogP contribution in [-0.4, -0.2) is 22.6 Å². The molecule has 0 bridgehead atoms. The second-order valence-electron chi connectivity index (χ2n) is 11.9. The van der Waals surface area contributed by atoms with Gasteiger partial charge in [-0.25, -0.2) is 4.89 Å². The van der Waals surface area contributed by atoms with E-state index >= 15 is 0 Å². The van der Waals surface area contributed by atoms with Gasteiger partial charge in [0.2, 0.25) is 0 Å². The first kappa shape index (κ1) is 22.6. The Hall–Kier alpha value is -0.640. The average molecular weight is 417 g/mol. The second kappa shape index (κ2) is 8.37. The molecule has 2 N–H and O–H groups in total. The lowest BCUT2D eigenvalue weighted by atomic mass is 9.47. The molecule has 3 saturated carbocycles. The highest BCUT2D eigenvalue weighted by molar-refractivity contribution is 5.25. The van der Waals surface area contributed by atoms with Gasteiger partial charge in [0.05, 0.1) is 6.10 Å². The molecular formula is C27H44O3. The van der Waals surface area contributed by atoms with Crippen LogP contribution in [0.3, 0.4) is 0 Å². The summed E-state index contributed by atoms with van der Waals surface area (Å²) in [6.45, 7) is 13.5. The van der Waals surface area contributed by atoms with Crippen LogP contribution in [-0.2, 0) is 4.89 Å². The highest BCUT2D eigenvalue weighted by atomic mass is 17.1. The Balaban J connectivity index is 1.48. The highest BCUT2D eigenvalue weighted by Crippen LogP contribution is 2.67. The molecule has 4 aliphatic carbocycles. The fraction of sp³-hybridized carbons (Fsp3) is 0.852. The van der Waals surface area contributed by atoms with Gasteiger partial charge in [0.15, 0.2) is 0 Å². The van der Waals surface area contributed by atoms with Crippen molar-refractivity contribution in [2.24, 2.45) is 40.4 Å². The molecule has 170 valence electrons. The minimum Gasteiger partial charge on any atom is -0.393 e. The molecule has 4 rings (SSSR count). The van der Waals surface area contributed by atoms with Gasteiger partial charge in [0, 0.05) is 0 Å². The Kier molecular flexibility index (Phi) is 6.29. The number of hydrogen-bond acceptors (Lipinski definition) is 3.